The van der Waals surface area contributed by atoms with E-state index < -0.39 is 0 Å². The van der Waals surface area contributed by atoms with Gasteiger partial charge in [0.1, 0.15) is 0 Å². The van der Waals surface area contributed by atoms with E-state index in [1.54, 1.807) is 0 Å². The van der Waals surface area contributed by atoms with Crippen LogP contribution < -0.4 is 5.32 Å². The fourth-order valence-electron chi connectivity index (χ4n) is 1.67. The van der Waals surface area contributed by atoms with Gasteiger partial charge in [0.15, 0.2) is 0 Å². The van der Waals surface area contributed by atoms with Crippen LogP contribution in [-0.2, 0) is 6.54 Å². The first-order chi connectivity index (χ1) is 8.56. The summed E-state index contributed by atoms with van der Waals surface area (Å²) in [6.07, 6.45) is 0. The van der Waals surface area contributed by atoms with Crippen molar-refractivity contribution in [2.45, 2.75) is 13.5 Å². The second-order valence-electron chi connectivity index (χ2n) is 4.06. The molecule has 1 nitrogen and oxygen atoms in total. The lowest BCUT2D eigenvalue weighted by atomic mass is 10.2. The summed E-state index contributed by atoms with van der Waals surface area (Å²) in [5.41, 5.74) is 3.35. The highest BCUT2D eigenvalue weighted by molar-refractivity contribution is 9.10. The number of aryl methyl sites for hydroxylation is 1. The van der Waals surface area contributed by atoms with E-state index in [0.29, 0.717) is 0 Å². The highest BCUT2D eigenvalue weighted by Gasteiger charge is 2.01. The largest absolute Gasteiger partial charge is 0.381 e. The van der Waals surface area contributed by atoms with Gasteiger partial charge in [-0.2, -0.15) is 0 Å². The molecule has 0 aliphatic carbocycles. The molecule has 0 spiro atoms. The summed E-state index contributed by atoms with van der Waals surface area (Å²) in [6.45, 7) is 2.76. The lowest BCUT2D eigenvalue weighted by Crippen LogP contribution is -2.00. The molecule has 0 aromatic heterocycles. The van der Waals surface area contributed by atoms with Crippen LogP contribution in [0.4, 0.5) is 5.69 Å². The van der Waals surface area contributed by atoms with Crippen LogP contribution in [0, 0.1) is 6.92 Å². The van der Waals surface area contributed by atoms with E-state index in [0.717, 1.165) is 37.9 Å². The fourth-order valence-corrected chi connectivity index (χ4v) is 2.35. The summed E-state index contributed by atoms with van der Waals surface area (Å²) in [6, 6.07) is 11.7. The highest BCUT2D eigenvalue weighted by Crippen LogP contribution is 2.24. The maximum absolute atomic E-state index is 6.06. The molecule has 0 amide bonds. The average molecular weight is 345 g/mol. The SMILES string of the molecule is Cc1cc(Cl)ccc1NCc1ccc(Br)c(Cl)c1. The maximum Gasteiger partial charge on any atom is 0.0551 e. The second-order valence-corrected chi connectivity index (χ2v) is 5.76. The predicted octanol–water partition coefficient (Wildman–Crippen LogP) is 5.68. The Labute approximate surface area is 125 Å². The van der Waals surface area contributed by atoms with Gasteiger partial charge in [-0.1, -0.05) is 29.3 Å². The quantitative estimate of drug-likeness (QED) is 0.755. The number of rotatable bonds is 3. The molecule has 0 aliphatic rings. The summed E-state index contributed by atoms with van der Waals surface area (Å²) in [5.74, 6) is 0. The van der Waals surface area contributed by atoms with Gasteiger partial charge < -0.3 is 5.32 Å². The van der Waals surface area contributed by atoms with Gasteiger partial charge in [-0.25, -0.2) is 0 Å². The van der Waals surface area contributed by atoms with E-state index in [1.165, 1.54) is 0 Å². The molecule has 2 aromatic rings. The van der Waals surface area contributed by atoms with Gasteiger partial charge >= 0.3 is 0 Å². The first kappa shape index (κ1) is 13.7. The van der Waals surface area contributed by atoms with Crippen molar-refractivity contribution < 1.29 is 0 Å². The molecule has 94 valence electrons. The molecule has 1 N–H and O–H groups in total. The minimum Gasteiger partial charge on any atom is -0.381 e. The second kappa shape index (κ2) is 5.96. The van der Waals surface area contributed by atoms with Gasteiger partial charge in [0, 0.05) is 21.7 Å². The molecule has 2 rings (SSSR count). The highest BCUT2D eigenvalue weighted by atomic mass is 79.9. The van der Waals surface area contributed by atoms with Crippen LogP contribution in [0.1, 0.15) is 11.1 Å². The Hall–Kier alpha value is -0.700. The Balaban J connectivity index is 2.09. The van der Waals surface area contributed by atoms with Gasteiger partial charge in [0.25, 0.3) is 0 Å². The molecule has 0 saturated heterocycles. The Kier molecular flexibility index (Phi) is 4.55. The smallest absolute Gasteiger partial charge is 0.0551 e. The third kappa shape index (κ3) is 3.41. The van der Waals surface area contributed by atoms with Gasteiger partial charge in [0.2, 0.25) is 0 Å². The molecule has 4 heteroatoms. The van der Waals surface area contributed by atoms with Crippen molar-refractivity contribution in [3.63, 3.8) is 0 Å². The topological polar surface area (TPSA) is 12.0 Å². The van der Waals surface area contributed by atoms with Crippen LogP contribution >= 0.6 is 39.1 Å². The third-order valence-electron chi connectivity index (χ3n) is 2.66. The van der Waals surface area contributed by atoms with E-state index in [-0.39, 0.29) is 0 Å². The molecule has 0 bridgehead atoms. The minimum atomic E-state index is 0.724. The van der Waals surface area contributed by atoms with Crippen LogP contribution in [-0.4, -0.2) is 0 Å². The van der Waals surface area contributed by atoms with Crippen molar-refractivity contribution in [1.82, 2.24) is 0 Å². The molecular formula is C14H12BrCl2N. The zero-order chi connectivity index (χ0) is 13.1. The molecular weight excluding hydrogens is 333 g/mol. The number of hydrogen-bond acceptors (Lipinski definition) is 1. The maximum atomic E-state index is 6.06. The van der Waals surface area contributed by atoms with Crippen LogP contribution in [0.15, 0.2) is 40.9 Å². The molecule has 18 heavy (non-hydrogen) atoms. The molecule has 0 radical (unpaired) electrons. The fraction of sp³-hybridized carbons (Fsp3) is 0.143. The Morgan fingerprint density at radius 3 is 2.56 bits per heavy atom. The standard InChI is InChI=1S/C14H12BrCl2N/c1-9-6-11(16)3-5-14(9)18-8-10-2-4-12(15)13(17)7-10/h2-7,18H,8H2,1H3. The van der Waals surface area contributed by atoms with Crippen molar-refractivity contribution in [3.05, 3.63) is 62.0 Å². The monoisotopic (exact) mass is 343 g/mol. The normalized spacial score (nSPS) is 10.4. The average Bonchev–Trinajstić information content (AvgIpc) is 2.32. The van der Waals surface area contributed by atoms with Gasteiger partial charge in [-0.05, 0) is 64.3 Å². The van der Waals surface area contributed by atoms with E-state index in [1.807, 2.05) is 43.3 Å². The van der Waals surface area contributed by atoms with Crippen molar-refractivity contribution in [2.24, 2.45) is 0 Å². The number of halogens is 3. The van der Waals surface area contributed by atoms with Crippen LogP contribution in [0.3, 0.4) is 0 Å². The summed E-state index contributed by atoms with van der Waals surface area (Å²) >= 11 is 15.4. The lowest BCUT2D eigenvalue weighted by Gasteiger charge is -2.10. The van der Waals surface area contributed by atoms with Gasteiger partial charge in [0.05, 0.1) is 5.02 Å². The summed E-state index contributed by atoms with van der Waals surface area (Å²) in [5, 5.41) is 4.85. The third-order valence-corrected chi connectivity index (χ3v) is 4.12. The zero-order valence-corrected chi connectivity index (χ0v) is 12.9. The van der Waals surface area contributed by atoms with E-state index >= 15 is 0 Å². The van der Waals surface area contributed by atoms with Crippen molar-refractivity contribution in [1.29, 1.82) is 0 Å². The molecule has 0 aliphatic heterocycles. The molecule has 0 unspecified atom stereocenters. The molecule has 2 aromatic carbocycles. The van der Waals surface area contributed by atoms with E-state index in [2.05, 4.69) is 21.2 Å². The van der Waals surface area contributed by atoms with Gasteiger partial charge in [-0.15, -0.1) is 0 Å². The molecule has 0 fully saturated rings. The van der Waals surface area contributed by atoms with Crippen molar-refractivity contribution >= 4 is 44.8 Å². The minimum absolute atomic E-state index is 0.724. The van der Waals surface area contributed by atoms with Crippen molar-refractivity contribution in [2.75, 3.05) is 5.32 Å². The molecule has 0 heterocycles. The number of nitrogens with one attached hydrogen (secondary N) is 1. The molecule has 0 saturated carbocycles. The lowest BCUT2D eigenvalue weighted by molar-refractivity contribution is 1.14. The first-order valence-corrected chi connectivity index (χ1v) is 7.05. The molecule has 0 atom stereocenters. The van der Waals surface area contributed by atoms with Crippen LogP contribution in [0.25, 0.3) is 0 Å². The zero-order valence-electron chi connectivity index (χ0n) is 9.81. The van der Waals surface area contributed by atoms with Gasteiger partial charge in [-0.3, -0.25) is 0 Å². The Bertz CT molecular complexity index is 570. The number of hydrogen-bond donors (Lipinski definition) is 1. The predicted molar refractivity (Wildman–Crippen MR) is 82.7 cm³/mol. The number of benzene rings is 2. The number of anilines is 1. The van der Waals surface area contributed by atoms with Crippen LogP contribution in [0.5, 0.6) is 0 Å². The van der Waals surface area contributed by atoms with E-state index in [9.17, 15) is 0 Å². The van der Waals surface area contributed by atoms with Crippen LogP contribution in [0.2, 0.25) is 10.0 Å². The van der Waals surface area contributed by atoms with Crippen molar-refractivity contribution in [3.8, 4) is 0 Å². The Morgan fingerprint density at radius 2 is 1.89 bits per heavy atom. The summed E-state index contributed by atoms with van der Waals surface area (Å²) in [7, 11) is 0. The van der Waals surface area contributed by atoms with E-state index in [4.69, 9.17) is 23.2 Å². The summed E-state index contributed by atoms with van der Waals surface area (Å²) < 4.78 is 0.913. The summed E-state index contributed by atoms with van der Waals surface area (Å²) in [4.78, 5) is 0. The Morgan fingerprint density at radius 1 is 1.11 bits per heavy atom. The first-order valence-electron chi connectivity index (χ1n) is 5.50.